The number of hydrogen-bond acceptors (Lipinski definition) is 3. The van der Waals surface area contributed by atoms with Gasteiger partial charge in [0.25, 0.3) is 0 Å². The SMILES string of the molecule is C[C@H](C[C@@H](NC(=O)OCc1ccccc1)C(=O)O)c1ccccc1C(F)(F)F. The van der Waals surface area contributed by atoms with Crippen LogP contribution in [0.5, 0.6) is 0 Å². The molecule has 2 rings (SSSR count). The number of carbonyl (C=O) groups excluding carboxylic acids is 1. The topological polar surface area (TPSA) is 75.6 Å². The van der Waals surface area contributed by atoms with Gasteiger partial charge < -0.3 is 15.2 Å². The average molecular weight is 395 g/mol. The number of ether oxygens (including phenoxy) is 1. The molecule has 0 heterocycles. The van der Waals surface area contributed by atoms with E-state index in [1.54, 1.807) is 30.3 Å². The molecule has 0 saturated carbocycles. The molecule has 8 heteroatoms. The first kappa shape index (κ1) is 21.3. The van der Waals surface area contributed by atoms with Gasteiger partial charge in [0.15, 0.2) is 0 Å². The molecule has 0 saturated heterocycles. The van der Waals surface area contributed by atoms with Crippen LogP contribution in [-0.2, 0) is 22.3 Å². The van der Waals surface area contributed by atoms with Crippen molar-refractivity contribution >= 4 is 12.1 Å². The van der Waals surface area contributed by atoms with Crippen LogP contribution in [0.15, 0.2) is 54.6 Å². The summed E-state index contributed by atoms with van der Waals surface area (Å²) in [4.78, 5) is 23.4. The van der Waals surface area contributed by atoms with Gasteiger partial charge in [0.05, 0.1) is 5.56 Å². The van der Waals surface area contributed by atoms with Gasteiger partial charge >= 0.3 is 18.2 Å². The highest BCUT2D eigenvalue weighted by Crippen LogP contribution is 2.36. The van der Waals surface area contributed by atoms with E-state index in [0.29, 0.717) is 0 Å². The fraction of sp³-hybridized carbons (Fsp3) is 0.300. The number of carbonyl (C=O) groups is 2. The summed E-state index contributed by atoms with van der Waals surface area (Å²) in [5, 5.41) is 11.5. The number of benzene rings is 2. The van der Waals surface area contributed by atoms with Gasteiger partial charge in [0.1, 0.15) is 12.6 Å². The first-order chi connectivity index (χ1) is 13.2. The number of amides is 1. The molecule has 0 aliphatic carbocycles. The van der Waals surface area contributed by atoms with Gasteiger partial charge in [-0.1, -0.05) is 55.5 Å². The minimum atomic E-state index is -4.55. The Balaban J connectivity index is 2.03. The molecule has 0 radical (unpaired) electrons. The van der Waals surface area contributed by atoms with Gasteiger partial charge in [-0.05, 0) is 29.5 Å². The van der Waals surface area contributed by atoms with Gasteiger partial charge in [-0.15, -0.1) is 0 Å². The van der Waals surface area contributed by atoms with E-state index >= 15 is 0 Å². The summed E-state index contributed by atoms with van der Waals surface area (Å²) in [5.74, 6) is -2.11. The minimum Gasteiger partial charge on any atom is -0.480 e. The summed E-state index contributed by atoms with van der Waals surface area (Å²) in [7, 11) is 0. The quantitative estimate of drug-likeness (QED) is 0.720. The van der Waals surface area contributed by atoms with Crippen LogP contribution in [0.1, 0.15) is 36.0 Å². The first-order valence-corrected chi connectivity index (χ1v) is 8.54. The van der Waals surface area contributed by atoms with Crippen LogP contribution in [-0.4, -0.2) is 23.2 Å². The van der Waals surface area contributed by atoms with E-state index < -0.39 is 35.8 Å². The highest BCUT2D eigenvalue weighted by Gasteiger charge is 2.35. The minimum absolute atomic E-state index is 0.0271. The van der Waals surface area contributed by atoms with Crippen molar-refractivity contribution in [1.82, 2.24) is 5.32 Å². The zero-order valence-corrected chi connectivity index (χ0v) is 15.1. The number of nitrogens with one attached hydrogen (secondary N) is 1. The van der Waals surface area contributed by atoms with Gasteiger partial charge in [-0.3, -0.25) is 0 Å². The van der Waals surface area contributed by atoms with Gasteiger partial charge in [-0.2, -0.15) is 13.2 Å². The predicted molar refractivity (Wildman–Crippen MR) is 95.7 cm³/mol. The molecule has 28 heavy (non-hydrogen) atoms. The third-order valence-electron chi connectivity index (χ3n) is 4.19. The molecule has 2 atom stereocenters. The molecule has 5 nitrogen and oxygen atoms in total. The Morgan fingerprint density at radius 3 is 2.29 bits per heavy atom. The monoisotopic (exact) mass is 395 g/mol. The first-order valence-electron chi connectivity index (χ1n) is 8.54. The maximum Gasteiger partial charge on any atom is 0.416 e. The number of carboxylic acids is 1. The summed E-state index contributed by atoms with van der Waals surface area (Å²) >= 11 is 0. The fourth-order valence-electron chi connectivity index (χ4n) is 2.79. The molecule has 1 amide bonds. The Kier molecular flexibility index (Phi) is 7.03. The smallest absolute Gasteiger partial charge is 0.416 e. The third-order valence-corrected chi connectivity index (χ3v) is 4.19. The lowest BCUT2D eigenvalue weighted by molar-refractivity contribution is -0.139. The van der Waals surface area contributed by atoms with Gasteiger partial charge in [0.2, 0.25) is 0 Å². The lowest BCUT2D eigenvalue weighted by atomic mass is 9.90. The summed E-state index contributed by atoms with van der Waals surface area (Å²) < 4.78 is 44.5. The number of alkyl carbamates (subject to hydrolysis) is 1. The fourth-order valence-corrected chi connectivity index (χ4v) is 2.79. The van der Waals surface area contributed by atoms with E-state index in [9.17, 15) is 27.9 Å². The van der Waals surface area contributed by atoms with Crippen molar-refractivity contribution in [3.8, 4) is 0 Å². The Morgan fingerprint density at radius 1 is 1.07 bits per heavy atom. The van der Waals surface area contributed by atoms with E-state index in [0.717, 1.165) is 11.6 Å². The Labute approximate surface area is 160 Å². The van der Waals surface area contributed by atoms with Crippen molar-refractivity contribution in [2.45, 2.75) is 38.1 Å². The molecular formula is C20H20F3NO4. The van der Waals surface area contributed by atoms with Crippen LogP contribution in [0.2, 0.25) is 0 Å². The second-order valence-electron chi connectivity index (χ2n) is 6.32. The van der Waals surface area contributed by atoms with E-state index in [1.807, 2.05) is 0 Å². The number of alkyl halides is 3. The molecule has 0 aliphatic rings. The Hall–Kier alpha value is -3.03. The zero-order chi connectivity index (χ0) is 20.7. The van der Waals surface area contributed by atoms with Gasteiger partial charge in [-0.25, -0.2) is 9.59 Å². The highest BCUT2D eigenvalue weighted by atomic mass is 19.4. The van der Waals surface area contributed by atoms with Crippen molar-refractivity contribution < 1.29 is 32.6 Å². The number of hydrogen-bond donors (Lipinski definition) is 2. The molecule has 2 aromatic carbocycles. The molecular weight excluding hydrogens is 375 g/mol. The molecule has 0 unspecified atom stereocenters. The van der Waals surface area contributed by atoms with Crippen molar-refractivity contribution in [2.75, 3.05) is 0 Å². The molecule has 0 spiro atoms. The van der Waals surface area contributed by atoms with Crippen molar-refractivity contribution in [3.05, 3.63) is 71.3 Å². The maximum absolute atomic E-state index is 13.2. The van der Waals surface area contributed by atoms with Crippen LogP contribution in [0, 0.1) is 0 Å². The third kappa shape index (κ3) is 6.00. The Morgan fingerprint density at radius 2 is 1.68 bits per heavy atom. The molecule has 0 fully saturated rings. The van der Waals surface area contributed by atoms with Crippen molar-refractivity contribution in [2.24, 2.45) is 0 Å². The average Bonchev–Trinajstić information content (AvgIpc) is 2.66. The number of rotatable bonds is 7. The Bertz CT molecular complexity index is 809. The van der Waals surface area contributed by atoms with Crippen molar-refractivity contribution in [3.63, 3.8) is 0 Å². The number of carboxylic acid groups (broad SMARTS) is 1. The van der Waals surface area contributed by atoms with E-state index in [2.05, 4.69) is 5.32 Å². The van der Waals surface area contributed by atoms with Crippen LogP contribution < -0.4 is 5.32 Å². The zero-order valence-electron chi connectivity index (χ0n) is 15.1. The van der Waals surface area contributed by atoms with Crippen LogP contribution >= 0.6 is 0 Å². The number of halogens is 3. The number of aliphatic carboxylic acids is 1. The molecule has 0 aliphatic heterocycles. The molecule has 0 bridgehead atoms. The highest BCUT2D eigenvalue weighted by molar-refractivity contribution is 5.80. The lowest BCUT2D eigenvalue weighted by Gasteiger charge is -2.22. The molecule has 2 aromatic rings. The summed E-state index contributed by atoms with van der Waals surface area (Å²) in [5.41, 5.74) is -0.129. The second-order valence-corrected chi connectivity index (χ2v) is 6.32. The summed E-state index contributed by atoms with van der Waals surface area (Å²) in [6, 6.07) is 12.4. The lowest BCUT2D eigenvalue weighted by Crippen LogP contribution is -2.41. The van der Waals surface area contributed by atoms with Crippen LogP contribution in [0.25, 0.3) is 0 Å². The van der Waals surface area contributed by atoms with E-state index in [1.165, 1.54) is 25.1 Å². The summed E-state index contributed by atoms with van der Waals surface area (Å²) in [6.07, 6.45) is -5.72. The standard InChI is InChI=1S/C20H20F3NO4/c1-13(15-9-5-6-10-16(15)20(21,22)23)11-17(18(25)26)24-19(27)28-12-14-7-3-2-4-8-14/h2-10,13,17H,11-12H2,1H3,(H,24,27)(H,25,26)/t13-,17-/m1/s1. The van der Waals surface area contributed by atoms with Crippen molar-refractivity contribution in [1.29, 1.82) is 0 Å². The van der Waals surface area contributed by atoms with E-state index in [4.69, 9.17) is 4.74 Å². The predicted octanol–water partition coefficient (Wildman–Crippen LogP) is 4.58. The second kappa shape index (κ2) is 9.25. The van der Waals surface area contributed by atoms with E-state index in [-0.39, 0.29) is 18.6 Å². The van der Waals surface area contributed by atoms with Crippen LogP contribution in [0.3, 0.4) is 0 Å². The van der Waals surface area contributed by atoms with Crippen LogP contribution in [0.4, 0.5) is 18.0 Å². The maximum atomic E-state index is 13.2. The molecule has 150 valence electrons. The summed E-state index contributed by atoms with van der Waals surface area (Å²) in [6.45, 7) is 1.43. The van der Waals surface area contributed by atoms with Gasteiger partial charge in [0, 0.05) is 0 Å². The molecule has 2 N–H and O–H groups in total. The normalized spacial score (nSPS) is 13.4. The molecule has 0 aromatic heterocycles. The largest absolute Gasteiger partial charge is 0.480 e.